The molecule has 2 aromatic rings. The topological polar surface area (TPSA) is 29.1 Å². The summed E-state index contributed by atoms with van der Waals surface area (Å²) in [6, 6.07) is 10.3. The van der Waals surface area contributed by atoms with Gasteiger partial charge in [-0.05, 0) is 42.6 Å². The molecule has 1 aromatic heterocycles. The minimum atomic E-state index is 0.258. The Bertz CT molecular complexity index is 630. The van der Waals surface area contributed by atoms with Gasteiger partial charge in [-0.3, -0.25) is 4.79 Å². The van der Waals surface area contributed by atoms with Crippen molar-refractivity contribution in [3.8, 4) is 0 Å². The first-order valence-corrected chi connectivity index (χ1v) is 8.02. The monoisotopic (exact) mass is 285 g/mol. The van der Waals surface area contributed by atoms with Crippen molar-refractivity contribution in [3.05, 3.63) is 56.8 Å². The van der Waals surface area contributed by atoms with Gasteiger partial charge in [0, 0.05) is 28.3 Å². The predicted molar refractivity (Wildman–Crippen MR) is 83.6 cm³/mol. The Labute approximate surface area is 123 Å². The summed E-state index contributed by atoms with van der Waals surface area (Å²) in [7, 11) is 0. The van der Waals surface area contributed by atoms with Gasteiger partial charge in [0.25, 0.3) is 0 Å². The van der Waals surface area contributed by atoms with Crippen molar-refractivity contribution < 1.29 is 4.79 Å². The lowest BCUT2D eigenvalue weighted by atomic mass is 9.92. The summed E-state index contributed by atoms with van der Waals surface area (Å²) in [4.78, 5) is 15.1. The Balaban J connectivity index is 1.83. The number of thiophene rings is 1. The molecule has 1 aromatic carbocycles. The normalized spacial score (nSPS) is 14.1. The van der Waals surface area contributed by atoms with Gasteiger partial charge < -0.3 is 5.32 Å². The molecule has 1 aliphatic heterocycles. The number of benzene rings is 1. The molecule has 3 rings (SSSR count). The van der Waals surface area contributed by atoms with Crippen LogP contribution in [0.4, 0.5) is 0 Å². The van der Waals surface area contributed by atoms with Crippen molar-refractivity contribution >= 4 is 17.1 Å². The van der Waals surface area contributed by atoms with Crippen LogP contribution in [0.3, 0.4) is 0 Å². The van der Waals surface area contributed by atoms with Crippen molar-refractivity contribution in [2.24, 2.45) is 0 Å². The molecule has 0 amide bonds. The average molecular weight is 285 g/mol. The summed E-state index contributed by atoms with van der Waals surface area (Å²) >= 11 is 1.76. The van der Waals surface area contributed by atoms with Crippen molar-refractivity contribution in [3.63, 3.8) is 0 Å². The quantitative estimate of drug-likeness (QED) is 0.873. The van der Waals surface area contributed by atoms with Crippen LogP contribution in [0, 0.1) is 0 Å². The lowest BCUT2D eigenvalue weighted by molar-refractivity contribution is 0.0992. The van der Waals surface area contributed by atoms with Gasteiger partial charge in [0.2, 0.25) is 0 Å². The highest BCUT2D eigenvalue weighted by molar-refractivity contribution is 7.12. The van der Waals surface area contributed by atoms with Crippen molar-refractivity contribution in [2.75, 3.05) is 6.54 Å². The molecular weight excluding hydrogens is 266 g/mol. The van der Waals surface area contributed by atoms with Gasteiger partial charge in [-0.25, -0.2) is 0 Å². The molecule has 20 heavy (non-hydrogen) atoms. The van der Waals surface area contributed by atoms with E-state index in [1.165, 1.54) is 20.9 Å². The number of hydrogen-bond acceptors (Lipinski definition) is 3. The van der Waals surface area contributed by atoms with E-state index >= 15 is 0 Å². The van der Waals surface area contributed by atoms with Crippen LogP contribution in [-0.2, 0) is 25.8 Å². The second kappa shape index (κ2) is 5.90. The Kier molecular flexibility index (Phi) is 3.99. The fraction of sp³-hybridized carbons (Fsp3) is 0.353. The number of hydrogen-bond donors (Lipinski definition) is 1. The molecule has 0 aliphatic carbocycles. The molecule has 0 atom stereocenters. The fourth-order valence-electron chi connectivity index (χ4n) is 2.75. The third kappa shape index (κ3) is 2.69. The van der Waals surface area contributed by atoms with E-state index in [2.05, 4.69) is 30.4 Å². The van der Waals surface area contributed by atoms with Crippen LogP contribution in [0.25, 0.3) is 0 Å². The Morgan fingerprint density at radius 2 is 2.10 bits per heavy atom. The molecule has 2 nitrogen and oxygen atoms in total. The highest BCUT2D eigenvalue weighted by atomic mass is 32.1. The summed E-state index contributed by atoms with van der Waals surface area (Å²) in [5.41, 5.74) is 3.46. The van der Waals surface area contributed by atoms with Crippen molar-refractivity contribution in [2.45, 2.75) is 32.7 Å². The van der Waals surface area contributed by atoms with Gasteiger partial charge in [0.05, 0.1) is 0 Å². The van der Waals surface area contributed by atoms with Crippen LogP contribution in [0.5, 0.6) is 0 Å². The lowest BCUT2D eigenvalue weighted by Gasteiger charge is -2.19. The van der Waals surface area contributed by atoms with E-state index in [0.717, 1.165) is 31.5 Å². The standard InChI is InChI=1S/C17H19NOS/c1-2-13-6-7-14(20-13)10-17(19)16-5-3-4-12-11-18-9-8-15(12)16/h3-7,18H,2,8-11H2,1H3. The molecule has 3 heteroatoms. The highest BCUT2D eigenvalue weighted by Crippen LogP contribution is 2.23. The number of Topliss-reactive ketones (excluding diaryl/α,β-unsaturated/α-hetero) is 1. The summed E-state index contributed by atoms with van der Waals surface area (Å²) in [5, 5.41) is 3.36. The van der Waals surface area contributed by atoms with Gasteiger partial charge in [-0.15, -0.1) is 11.3 Å². The van der Waals surface area contributed by atoms with E-state index in [-0.39, 0.29) is 5.78 Å². The molecule has 1 N–H and O–H groups in total. The molecular formula is C17H19NOS. The number of fused-ring (bicyclic) bond motifs is 1. The third-order valence-corrected chi connectivity index (χ3v) is 5.07. The molecule has 0 radical (unpaired) electrons. The number of ketones is 1. The van der Waals surface area contributed by atoms with Crippen LogP contribution in [0.1, 0.15) is 38.2 Å². The van der Waals surface area contributed by atoms with Gasteiger partial charge >= 0.3 is 0 Å². The molecule has 0 saturated carbocycles. The van der Waals surface area contributed by atoms with E-state index in [1.54, 1.807) is 11.3 Å². The Hall–Kier alpha value is -1.45. The van der Waals surface area contributed by atoms with Crippen molar-refractivity contribution in [1.29, 1.82) is 0 Å². The lowest BCUT2D eigenvalue weighted by Crippen LogP contribution is -2.25. The van der Waals surface area contributed by atoms with E-state index in [1.807, 2.05) is 12.1 Å². The van der Waals surface area contributed by atoms with Gasteiger partial charge in [0.15, 0.2) is 5.78 Å². The fourth-order valence-corrected chi connectivity index (χ4v) is 3.71. The molecule has 0 fully saturated rings. The minimum absolute atomic E-state index is 0.258. The summed E-state index contributed by atoms with van der Waals surface area (Å²) < 4.78 is 0. The van der Waals surface area contributed by atoms with E-state index in [0.29, 0.717) is 6.42 Å². The summed E-state index contributed by atoms with van der Waals surface area (Å²) in [6.07, 6.45) is 2.54. The van der Waals surface area contributed by atoms with Gasteiger partial charge in [-0.2, -0.15) is 0 Å². The van der Waals surface area contributed by atoms with Crippen LogP contribution in [0.15, 0.2) is 30.3 Å². The minimum Gasteiger partial charge on any atom is -0.312 e. The first kappa shape index (κ1) is 13.5. The maximum Gasteiger partial charge on any atom is 0.168 e. The Morgan fingerprint density at radius 3 is 2.90 bits per heavy atom. The smallest absolute Gasteiger partial charge is 0.168 e. The third-order valence-electron chi connectivity index (χ3n) is 3.84. The SMILES string of the molecule is CCc1ccc(CC(=O)c2cccc3c2CCNC3)s1. The summed E-state index contributed by atoms with van der Waals surface area (Å²) in [5.74, 6) is 0.258. The molecule has 104 valence electrons. The zero-order chi connectivity index (χ0) is 13.9. The molecule has 0 unspecified atom stereocenters. The largest absolute Gasteiger partial charge is 0.312 e. The Morgan fingerprint density at radius 1 is 1.25 bits per heavy atom. The molecule has 0 spiro atoms. The maximum absolute atomic E-state index is 12.6. The van der Waals surface area contributed by atoms with E-state index in [9.17, 15) is 4.79 Å². The number of nitrogens with one attached hydrogen (secondary N) is 1. The molecule has 2 heterocycles. The van der Waals surface area contributed by atoms with Crippen LogP contribution < -0.4 is 5.32 Å². The predicted octanol–water partition coefficient (Wildman–Crippen LogP) is 3.38. The average Bonchev–Trinajstić information content (AvgIpc) is 2.94. The number of aryl methyl sites for hydroxylation is 1. The molecule has 0 saturated heterocycles. The first-order chi connectivity index (χ1) is 9.78. The van der Waals surface area contributed by atoms with Crippen LogP contribution in [0.2, 0.25) is 0 Å². The zero-order valence-electron chi connectivity index (χ0n) is 11.7. The van der Waals surface area contributed by atoms with E-state index < -0.39 is 0 Å². The number of rotatable bonds is 4. The maximum atomic E-state index is 12.6. The zero-order valence-corrected chi connectivity index (χ0v) is 12.6. The van der Waals surface area contributed by atoms with Crippen LogP contribution in [-0.4, -0.2) is 12.3 Å². The van der Waals surface area contributed by atoms with Crippen molar-refractivity contribution in [1.82, 2.24) is 5.32 Å². The first-order valence-electron chi connectivity index (χ1n) is 7.20. The van der Waals surface area contributed by atoms with E-state index in [4.69, 9.17) is 0 Å². The second-order valence-electron chi connectivity index (χ2n) is 5.19. The molecule has 0 bridgehead atoms. The van der Waals surface area contributed by atoms with Crippen LogP contribution >= 0.6 is 11.3 Å². The number of carbonyl (C=O) groups excluding carboxylic acids is 1. The van der Waals surface area contributed by atoms with Gasteiger partial charge in [0.1, 0.15) is 0 Å². The summed E-state index contributed by atoms with van der Waals surface area (Å²) in [6.45, 7) is 4.00. The highest BCUT2D eigenvalue weighted by Gasteiger charge is 2.17. The molecule has 1 aliphatic rings. The second-order valence-corrected chi connectivity index (χ2v) is 6.44. The number of carbonyl (C=O) groups is 1. The van der Waals surface area contributed by atoms with Gasteiger partial charge in [-0.1, -0.05) is 25.1 Å².